The van der Waals surface area contributed by atoms with Crippen LogP contribution in [0.2, 0.25) is 0 Å². The summed E-state index contributed by atoms with van der Waals surface area (Å²) in [5.74, 6) is -1.53. The van der Waals surface area contributed by atoms with Crippen LogP contribution in [-0.4, -0.2) is 21.8 Å². The van der Waals surface area contributed by atoms with Crippen LogP contribution in [0, 0.1) is 13.8 Å². The number of aromatic nitrogens is 1. The quantitative estimate of drug-likeness (QED) is 0.403. The SMILES string of the molecule is Cc1nc(N2C(=O)C(=O)/C(=C(\O)c3ccccc3)C2c2cccs2)sc1C. The van der Waals surface area contributed by atoms with Gasteiger partial charge in [-0.2, -0.15) is 0 Å². The van der Waals surface area contributed by atoms with Crippen molar-refractivity contribution in [3.8, 4) is 0 Å². The molecule has 1 aliphatic rings. The topological polar surface area (TPSA) is 70.5 Å². The summed E-state index contributed by atoms with van der Waals surface area (Å²) in [4.78, 5) is 33.4. The molecule has 1 saturated heterocycles. The number of hydrogen-bond acceptors (Lipinski definition) is 6. The van der Waals surface area contributed by atoms with Crippen LogP contribution in [0.25, 0.3) is 5.76 Å². The molecular weight excluding hydrogens is 380 g/mol. The third kappa shape index (κ3) is 2.89. The molecule has 1 amide bonds. The first kappa shape index (κ1) is 17.6. The number of thiophene rings is 1. The number of carbonyl (C=O) groups excluding carboxylic acids is 2. The van der Waals surface area contributed by atoms with Crippen LogP contribution in [0.4, 0.5) is 5.13 Å². The highest BCUT2D eigenvalue weighted by Crippen LogP contribution is 2.44. The number of aliphatic hydroxyl groups excluding tert-OH is 1. The molecule has 3 aromatic rings. The Bertz CT molecular complexity index is 1030. The van der Waals surface area contributed by atoms with E-state index in [-0.39, 0.29) is 11.3 Å². The van der Waals surface area contributed by atoms with Crippen molar-refractivity contribution < 1.29 is 14.7 Å². The van der Waals surface area contributed by atoms with Crippen molar-refractivity contribution in [3.63, 3.8) is 0 Å². The van der Waals surface area contributed by atoms with Gasteiger partial charge in [-0.3, -0.25) is 14.5 Å². The lowest BCUT2D eigenvalue weighted by atomic mass is 10.00. The first-order valence-electron chi connectivity index (χ1n) is 8.33. The number of aliphatic hydroxyl groups is 1. The molecule has 0 spiro atoms. The van der Waals surface area contributed by atoms with Gasteiger partial charge in [-0.05, 0) is 25.3 Å². The van der Waals surface area contributed by atoms with Gasteiger partial charge in [0.2, 0.25) is 0 Å². The molecular formula is C20H16N2O3S2. The summed E-state index contributed by atoms with van der Waals surface area (Å²) in [5.41, 5.74) is 1.42. The monoisotopic (exact) mass is 396 g/mol. The number of rotatable bonds is 3. The van der Waals surface area contributed by atoms with Crippen LogP contribution in [0.1, 0.15) is 27.1 Å². The average Bonchev–Trinajstić information content (AvgIpc) is 3.36. The number of aryl methyl sites for hydroxylation is 2. The van der Waals surface area contributed by atoms with E-state index in [1.165, 1.54) is 27.6 Å². The standard InChI is InChI=1S/C20H16N2O3S2/c1-11-12(2)27-20(21-11)22-16(14-9-6-10-26-14)15(18(24)19(22)25)17(23)13-7-4-3-5-8-13/h3-10,16,23H,1-2H3/b17-15-. The molecule has 7 heteroatoms. The van der Waals surface area contributed by atoms with Gasteiger partial charge in [0, 0.05) is 15.3 Å². The Balaban J connectivity index is 1.94. The Morgan fingerprint density at radius 3 is 2.44 bits per heavy atom. The number of hydrogen-bond donors (Lipinski definition) is 1. The highest BCUT2D eigenvalue weighted by Gasteiger charge is 2.48. The molecule has 0 radical (unpaired) electrons. The van der Waals surface area contributed by atoms with Crippen LogP contribution < -0.4 is 4.90 Å². The van der Waals surface area contributed by atoms with E-state index in [0.717, 1.165) is 15.4 Å². The zero-order chi connectivity index (χ0) is 19.1. The lowest BCUT2D eigenvalue weighted by Gasteiger charge is -2.21. The molecule has 0 bridgehead atoms. The van der Waals surface area contributed by atoms with Crippen molar-refractivity contribution in [3.05, 3.63) is 74.4 Å². The molecule has 4 rings (SSSR count). The molecule has 5 nitrogen and oxygen atoms in total. The Morgan fingerprint density at radius 2 is 1.85 bits per heavy atom. The largest absolute Gasteiger partial charge is 0.507 e. The second-order valence-electron chi connectivity index (χ2n) is 6.19. The van der Waals surface area contributed by atoms with E-state index in [2.05, 4.69) is 4.98 Å². The Morgan fingerprint density at radius 1 is 1.11 bits per heavy atom. The maximum absolute atomic E-state index is 12.9. The number of carbonyl (C=O) groups is 2. The van der Waals surface area contributed by atoms with E-state index in [4.69, 9.17) is 0 Å². The highest BCUT2D eigenvalue weighted by atomic mass is 32.1. The first-order chi connectivity index (χ1) is 13.0. The summed E-state index contributed by atoms with van der Waals surface area (Å²) in [6, 6.07) is 11.8. The van der Waals surface area contributed by atoms with Gasteiger partial charge in [0.05, 0.1) is 11.3 Å². The predicted molar refractivity (Wildman–Crippen MR) is 107 cm³/mol. The van der Waals surface area contributed by atoms with Gasteiger partial charge in [0.1, 0.15) is 11.8 Å². The maximum Gasteiger partial charge on any atom is 0.301 e. The normalized spacial score (nSPS) is 19.0. The third-order valence-electron chi connectivity index (χ3n) is 4.53. The second kappa shape index (κ2) is 6.75. The van der Waals surface area contributed by atoms with Crippen molar-refractivity contribution in [1.82, 2.24) is 4.98 Å². The number of benzene rings is 1. The van der Waals surface area contributed by atoms with Gasteiger partial charge in [0.15, 0.2) is 5.13 Å². The summed E-state index contributed by atoms with van der Waals surface area (Å²) in [6.07, 6.45) is 0. The molecule has 1 unspecified atom stereocenters. The van der Waals surface area contributed by atoms with Crippen LogP contribution in [-0.2, 0) is 9.59 Å². The molecule has 3 heterocycles. The van der Waals surface area contributed by atoms with E-state index in [1.807, 2.05) is 37.4 Å². The molecule has 1 fully saturated rings. The zero-order valence-corrected chi connectivity index (χ0v) is 16.3. The molecule has 1 N–H and O–H groups in total. The Hall–Kier alpha value is -2.77. The van der Waals surface area contributed by atoms with E-state index < -0.39 is 17.7 Å². The number of thiazole rings is 1. The Kier molecular flexibility index (Phi) is 4.41. The fourth-order valence-corrected chi connectivity index (χ4v) is 4.82. The predicted octanol–water partition coefficient (Wildman–Crippen LogP) is 4.45. The van der Waals surface area contributed by atoms with Crippen molar-refractivity contribution in [2.75, 3.05) is 4.90 Å². The number of Topliss-reactive ketones (excluding diaryl/α,β-unsaturated/α-hetero) is 1. The van der Waals surface area contributed by atoms with Gasteiger partial charge in [-0.1, -0.05) is 36.4 Å². The molecule has 27 heavy (non-hydrogen) atoms. The number of ketones is 1. The minimum absolute atomic E-state index is 0.0964. The number of anilines is 1. The summed E-state index contributed by atoms with van der Waals surface area (Å²) < 4.78 is 0. The zero-order valence-electron chi connectivity index (χ0n) is 14.7. The summed E-state index contributed by atoms with van der Waals surface area (Å²) >= 11 is 2.81. The van der Waals surface area contributed by atoms with Crippen molar-refractivity contribution in [2.45, 2.75) is 19.9 Å². The molecule has 136 valence electrons. The van der Waals surface area contributed by atoms with E-state index in [0.29, 0.717) is 10.7 Å². The number of amides is 1. The van der Waals surface area contributed by atoms with Crippen LogP contribution >= 0.6 is 22.7 Å². The average molecular weight is 396 g/mol. The van der Waals surface area contributed by atoms with Gasteiger partial charge in [-0.15, -0.1) is 22.7 Å². The molecule has 0 saturated carbocycles. The minimum Gasteiger partial charge on any atom is -0.507 e. The van der Waals surface area contributed by atoms with Gasteiger partial charge >= 0.3 is 5.91 Å². The summed E-state index contributed by atoms with van der Waals surface area (Å²) in [7, 11) is 0. The molecule has 1 aromatic carbocycles. The van der Waals surface area contributed by atoms with E-state index in [9.17, 15) is 14.7 Å². The fraction of sp³-hybridized carbons (Fsp3) is 0.150. The molecule has 0 aliphatic carbocycles. The second-order valence-corrected chi connectivity index (χ2v) is 8.35. The molecule has 1 atom stereocenters. The lowest BCUT2D eigenvalue weighted by Crippen LogP contribution is -2.29. The van der Waals surface area contributed by atoms with Crippen LogP contribution in [0.3, 0.4) is 0 Å². The van der Waals surface area contributed by atoms with Crippen molar-refractivity contribution >= 4 is 45.3 Å². The van der Waals surface area contributed by atoms with E-state index in [1.54, 1.807) is 24.3 Å². The lowest BCUT2D eigenvalue weighted by molar-refractivity contribution is -0.132. The minimum atomic E-state index is -0.694. The summed E-state index contributed by atoms with van der Waals surface area (Å²) in [6.45, 7) is 3.80. The van der Waals surface area contributed by atoms with Crippen molar-refractivity contribution in [1.29, 1.82) is 0 Å². The van der Waals surface area contributed by atoms with Gasteiger partial charge < -0.3 is 5.11 Å². The number of nitrogens with zero attached hydrogens (tertiary/aromatic N) is 2. The molecule has 2 aromatic heterocycles. The van der Waals surface area contributed by atoms with Crippen molar-refractivity contribution in [2.24, 2.45) is 0 Å². The van der Waals surface area contributed by atoms with Crippen LogP contribution in [0.5, 0.6) is 0 Å². The smallest absolute Gasteiger partial charge is 0.301 e. The molecule has 1 aliphatic heterocycles. The van der Waals surface area contributed by atoms with Crippen LogP contribution in [0.15, 0.2) is 53.4 Å². The first-order valence-corrected chi connectivity index (χ1v) is 10.0. The Labute approximate surface area is 164 Å². The maximum atomic E-state index is 12.9. The van der Waals surface area contributed by atoms with Gasteiger partial charge in [0.25, 0.3) is 5.78 Å². The summed E-state index contributed by atoms with van der Waals surface area (Å²) in [5, 5.41) is 13.2. The van der Waals surface area contributed by atoms with E-state index >= 15 is 0 Å². The highest BCUT2D eigenvalue weighted by molar-refractivity contribution is 7.16. The third-order valence-corrected chi connectivity index (χ3v) is 6.52. The fourth-order valence-electron chi connectivity index (χ4n) is 3.06. The van der Waals surface area contributed by atoms with Gasteiger partial charge in [-0.25, -0.2) is 4.98 Å².